The zero-order valence-electron chi connectivity index (χ0n) is 14.7. The van der Waals surface area contributed by atoms with Gasteiger partial charge in [0.15, 0.2) is 0 Å². The van der Waals surface area contributed by atoms with Gasteiger partial charge < -0.3 is 15.2 Å². The van der Waals surface area contributed by atoms with E-state index in [1.807, 2.05) is 24.3 Å². The molecule has 1 aromatic rings. The number of benzene rings is 1. The topological polar surface area (TPSA) is 58.6 Å². The summed E-state index contributed by atoms with van der Waals surface area (Å²) in [6, 6.07) is 7.39. The van der Waals surface area contributed by atoms with Crippen LogP contribution in [-0.2, 0) is 10.2 Å². The van der Waals surface area contributed by atoms with Crippen LogP contribution in [0.4, 0.5) is 4.79 Å². The van der Waals surface area contributed by atoms with Crippen LogP contribution in [0, 0.1) is 0 Å². The van der Waals surface area contributed by atoms with Gasteiger partial charge in [0.25, 0.3) is 0 Å². The first-order chi connectivity index (χ1) is 9.90. The number of carbonyl (C=O) groups is 1. The van der Waals surface area contributed by atoms with Crippen molar-refractivity contribution in [3.8, 4) is 0 Å². The van der Waals surface area contributed by atoms with E-state index >= 15 is 0 Å². The Labute approximate surface area is 133 Å². The summed E-state index contributed by atoms with van der Waals surface area (Å²) in [7, 11) is 0. The van der Waals surface area contributed by atoms with Crippen molar-refractivity contribution in [1.29, 1.82) is 0 Å². The predicted molar refractivity (Wildman–Crippen MR) is 88.9 cm³/mol. The fraction of sp³-hybridized carbons (Fsp3) is 0.611. The minimum Gasteiger partial charge on any atom is -0.444 e. The van der Waals surface area contributed by atoms with Gasteiger partial charge >= 0.3 is 6.09 Å². The first-order valence-electron chi connectivity index (χ1n) is 7.68. The molecule has 22 heavy (non-hydrogen) atoms. The molecule has 0 bridgehead atoms. The molecule has 1 amide bonds. The Morgan fingerprint density at radius 2 is 1.59 bits per heavy atom. The van der Waals surface area contributed by atoms with Gasteiger partial charge in [-0.25, -0.2) is 4.79 Å². The molecule has 1 unspecified atom stereocenters. The largest absolute Gasteiger partial charge is 0.444 e. The quantitative estimate of drug-likeness (QED) is 0.889. The van der Waals surface area contributed by atoms with E-state index in [4.69, 9.17) is 4.74 Å². The first-order valence-corrected chi connectivity index (χ1v) is 7.68. The van der Waals surface area contributed by atoms with Gasteiger partial charge in [-0.05, 0) is 44.2 Å². The Hall–Kier alpha value is -1.55. The van der Waals surface area contributed by atoms with Crippen LogP contribution in [0.1, 0.15) is 65.7 Å². The number of alkyl carbamates (subject to hydrolysis) is 1. The number of ether oxygens (including phenoxy) is 1. The van der Waals surface area contributed by atoms with Gasteiger partial charge in [-0.15, -0.1) is 0 Å². The van der Waals surface area contributed by atoms with Crippen LogP contribution < -0.4 is 5.32 Å². The van der Waals surface area contributed by atoms with E-state index in [0.29, 0.717) is 0 Å². The second-order valence-corrected chi connectivity index (χ2v) is 7.75. The summed E-state index contributed by atoms with van der Waals surface area (Å²) in [5.74, 6) is 0. The smallest absolute Gasteiger partial charge is 0.407 e. The highest BCUT2D eigenvalue weighted by molar-refractivity contribution is 5.68. The number of rotatable bonds is 3. The highest BCUT2D eigenvalue weighted by atomic mass is 16.6. The maximum Gasteiger partial charge on any atom is 0.407 e. The van der Waals surface area contributed by atoms with Gasteiger partial charge in [0.05, 0.1) is 12.1 Å². The van der Waals surface area contributed by atoms with Gasteiger partial charge in [0, 0.05) is 0 Å². The van der Waals surface area contributed by atoms with E-state index < -0.39 is 23.8 Å². The maximum atomic E-state index is 11.7. The molecule has 0 saturated heterocycles. The lowest BCUT2D eigenvalue weighted by molar-refractivity contribution is 0.0436. The summed E-state index contributed by atoms with van der Waals surface area (Å²) >= 11 is 0. The Morgan fingerprint density at radius 1 is 1.09 bits per heavy atom. The zero-order valence-corrected chi connectivity index (χ0v) is 14.7. The average molecular weight is 307 g/mol. The molecular formula is C18H29NO3. The standard InChI is InChI=1S/C18H29NO3/c1-12(19-16(21)22-18(5,6)7)15(20)13-8-10-14(11-9-13)17(2,3)4/h8-12,15,20H,1-7H3,(H,19,21)/t12-,15?/m1/s1. The molecule has 4 nitrogen and oxygen atoms in total. The lowest BCUT2D eigenvalue weighted by Crippen LogP contribution is -2.40. The fourth-order valence-electron chi connectivity index (χ4n) is 2.04. The predicted octanol–water partition coefficient (Wildman–Crippen LogP) is 3.93. The van der Waals surface area contributed by atoms with E-state index in [1.54, 1.807) is 27.7 Å². The highest BCUT2D eigenvalue weighted by Gasteiger charge is 2.23. The van der Waals surface area contributed by atoms with Crippen LogP contribution >= 0.6 is 0 Å². The van der Waals surface area contributed by atoms with Crippen LogP contribution in [0.15, 0.2) is 24.3 Å². The molecule has 0 aromatic heterocycles. The van der Waals surface area contributed by atoms with E-state index in [0.717, 1.165) is 5.56 Å². The summed E-state index contributed by atoms with van der Waals surface area (Å²) in [5, 5.41) is 13.0. The Morgan fingerprint density at radius 3 is 2.00 bits per heavy atom. The van der Waals surface area contributed by atoms with Gasteiger partial charge in [-0.1, -0.05) is 45.0 Å². The molecule has 0 spiro atoms. The van der Waals surface area contributed by atoms with Gasteiger partial charge in [-0.3, -0.25) is 0 Å². The number of carbonyl (C=O) groups excluding carboxylic acids is 1. The molecule has 0 aliphatic heterocycles. The third-order valence-corrected chi connectivity index (χ3v) is 3.34. The fourth-order valence-corrected chi connectivity index (χ4v) is 2.04. The van der Waals surface area contributed by atoms with Crippen molar-refractivity contribution in [3.05, 3.63) is 35.4 Å². The number of hydrogen-bond donors (Lipinski definition) is 2. The SMILES string of the molecule is C[C@@H](NC(=O)OC(C)(C)C)C(O)c1ccc(C(C)(C)C)cc1. The lowest BCUT2D eigenvalue weighted by Gasteiger charge is -2.25. The number of aliphatic hydroxyl groups excluding tert-OH is 1. The van der Waals surface area contributed by atoms with Gasteiger partial charge in [0.1, 0.15) is 5.60 Å². The molecule has 0 fully saturated rings. The van der Waals surface area contributed by atoms with E-state index in [9.17, 15) is 9.90 Å². The molecule has 124 valence electrons. The summed E-state index contributed by atoms with van der Waals surface area (Å²) in [5.41, 5.74) is 1.50. The Kier molecular flexibility index (Phi) is 5.63. The van der Waals surface area contributed by atoms with Crippen molar-refractivity contribution < 1.29 is 14.6 Å². The van der Waals surface area contributed by atoms with Crippen LogP contribution in [0.2, 0.25) is 0 Å². The summed E-state index contributed by atoms with van der Waals surface area (Å²) in [6.45, 7) is 13.6. The third-order valence-electron chi connectivity index (χ3n) is 3.34. The van der Waals surface area contributed by atoms with E-state index in [1.165, 1.54) is 5.56 Å². The van der Waals surface area contributed by atoms with Crippen molar-refractivity contribution in [3.63, 3.8) is 0 Å². The molecule has 0 aliphatic rings. The normalized spacial score (nSPS) is 15.1. The first kappa shape index (κ1) is 18.5. The Balaban J connectivity index is 2.71. The van der Waals surface area contributed by atoms with E-state index in [2.05, 4.69) is 26.1 Å². The van der Waals surface area contributed by atoms with Gasteiger partial charge in [-0.2, -0.15) is 0 Å². The van der Waals surface area contributed by atoms with Crippen LogP contribution in [-0.4, -0.2) is 22.8 Å². The summed E-state index contributed by atoms with van der Waals surface area (Å²) in [6.07, 6.45) is -1.30. The number of amides is 1. The molecule has 0 saturated carbocycles. The molecule has 2 atom stereocenters. The number of hydrogen-bond acceptors (Lipinski definition) is 3. The minimum absolute atomic E-state index is 0.0733. The molecule has 2 N–H and O–H groups in total. The maximum absolute atomic E-state index is 11.7. The molecular weight excluding hydrogens is 278 g/mol. The van der Waals surface area contributed by atoms with Crippen molar-refractivity contribution in [2.45, 2.75) is 71.6 Å². The second-order valence-electron chi connectivity index (χ2n) is 7.75. The molecule has 0 heterocycles. The van der Waals surface area contributed by atoms with E-state index in [-0.39, 0.29) is 5.41 Å². The van der Waals surface area contributed by atoms with Crippen molar-refractivity contribution in [2.24, 2.45) is 0 Å². The Bertz CT molecular complexity index is 495. The molecule has 4 heteroatoms. The molecule has 1 aromatic carbocycles. The van der Waals surface area contributed by atoms with Crippen molar-refractivity contribution in [1.82, 2.24) is 5.32 Å². The zero-order chi connectivity index (χ0) is 17.1. The van der Waals surface area contributed by atoms with Crippen LogP contribution in [0.3, 0.4) is 0 Å². The van der Waals surface area contributed by atoms with Crippen molar-refractivity contribution in [2.75, 3.05) is 0 Å². The second kappa shape index (κ2) is 6.69. The minimum atomic E-state index is -0.776. The summed E-state index contributed by atoms with van der Waals surface area (Å²) < 4.78 is 5.20. The van der Waals surface area contributed by atoms with Gasteiger partial charge in [0.2, 0.25) is 0 Å². The third kappa shape index (κ3) is 5.68. The molecule has 0 radical (unpaired) electrons. The molecule has 1 rings (SSSR count). The van der Waals surface area contributed by atoms with Crippen molar-refractivity contribution >= 4 is 6.09 Å². The number of aliphatic hydroxyl groups is 1. The number of nitrogens with one attached hydrogen (secondary N) is 1. The monoisotopic (exact) mass is 307 g/mol. The molecule has 0 aliphatic carbocycles. The highest BCUT2D eigenvalue weighted by Crippen LogP contribution is 2.25. The van der Waals surface area contributed by atoms with Crippen LogP contribution in [0.25, 0.3) is 0 Å². The van der Waals surface area contributed by atoms with Crippen LogP contribution in [0.5, 0.6) is 0 Å². The lowest BCUT2D eigenvalue weighted by atomic mass is 9.86. The summed E-state index contributed by atoms with van der Waals surface area (Å²) in [4.78, 5) is 11.7. The average Bonchev–Trinajstić information content (AvgIpc) is 2.34.